The van der Waals surface area contributed by atoms with Crippen molar-refractivity contribution in [2.45, 2.75) is 50.0 Å². The fourth-order valence-corrected chi connectivity index (χ4v) is 4.06. The second-order valence-corrected chi connectivity index (χ2v) is 7.18. The minimum absolute atomic E-state index is 0.302. The highest BCUT2D eigenvalue weighted by Crippen LogP contribution is 2.38. The standard InChI is InChI=1S/C18H29NO2S/c1-21-16-12-15(6-7-17(16)22-2)13-19-14-18(10-11-20)8-4-3-5-9-18/h6-7,12,19-20H,3-5,8-11,13-14H2,1-2H3. The van der Waals surface area contributed by atoms with Crippen LogP contribution in [-0.2, 0) is 6.54 Å². The van der Waals surface area contributed by atoms with Crippen LogP contribution in [0.15, 0.2) is 23.1 Å². The zero-order valence-electron chi connectivity index (χ0n) is 13.9. The molecule has 1 aromatic rings. The molecule has 0 spiro atoms. The van der Waals surface area contributed by atoms with Crippen molar-refractivity contribution in [2.75, 3.05) is 26.5 Å². The Bertz CT molecular complexity index is 453. The van der Waals surface area contributed by atoms with Gasteiger partial charge in [-0.05, 0) is 48.6 Å². The number of methoxy groups -OCH3 is 1. The van der Waals surface area contributed by atoms with Crippen molar-refractivity contribution in [1.29, 1.82) is 0 Å². The minimum atomic E-state index is 0.302. The third kappa shape index (κ3) is 4.64. The predicted octanol–water partition coefficient (Wildman–Crippen LogP) is 3.84. The fourth-order valence-electron chi connectivity index (χ4n) is 3.52. The number of hydrogen-bond donors (Lipinski definition) is 2. The van der Waals surface area contributed by atoms with Crippen LogP contribution in [0, 0.1) is 5.41 Å². The van der Waals surface area contributed by atoms with Crippen LogP contribution in [0.2, 0.25) is 0 Å². The highest BCUT2D eigenvalue weighted by Gasteiger charge is 2.30. The molecule has 4 heteroatoms. The summed E-state index contributed by atoms with van der Waals surface area (Å²) in [6.07, 6.45) is 9.44. The molecule has 0 atom stereocenters. The minimum Gasteiger partial charge on any atom is -0.496 e. The maximum Gasteiger partial charge on any atom is 0.132 e. The molecule has 1 aromatic carbocycles. The molecule has 0 aliphatic heterocycles. The summed E-state index contributed by atoms with van der Waals surface area (Å²) in [4.78, 5) is 1.18. The average Bonchev–Trinajstić information content (AvgIpc) is 2.56. The topological polar surface area (TPSA) is 41.5 Å². The molecule has 1 aliphatic rings. The van der Waals surface area contributed by atoms with E-state index < -0.39 is 0 Å². The first kappa shape index (κ1) is 17.6. The van der Waals surface area contributed by atoms with Gasteiger partial charge < -0.3 is 15.2 Å². The quantitative estimate of drug-likeness (QED) is 0.713. The first-order valence-corrected chi connectivity index (χ1v) is 9.48. The second kappa shape index (κ2) is 8.80. The van der Waals surface area contributed by atoms with Gasteiger partial charge in [0.25, 0.3) is 0 Å². The number of aliphatic hydroxyl groups is 1. The molecule has 3 nitrogen and oxygen atoms in total. The zero-order valence-corrected chi connectivity index (χ0v) is 14.7. The van der Waals surface area contributed by atoms with Gasteiger partial charge in [0.1, 0.15) is 5.75 Å². The van der Waals surface area contributed by atoms with Crippen LogP contribution >= 0.6 is 11.8 Å². The van der Waals surface area contributed by atoms with Gasteiger partial charge in [-0.15, -0.1) is 11.8 Å². The molecule has 1 fully saturated rings. The second-order valence-electron chi connectivity index (χ2n) is 6.33. The Morgan fingerprint density at radius 1 is 1.27 bits per heavy atom. The van der Waals surface area contributed by atoms with Gasteiger partial charge in [0.15, 0.2) is 0 Å². The van der Waals surface area contributed by atoms with E-state index in [2.05, 4.69) is 29.8 Å². The third-order valence-electron chi connectivity index (χ3n) is 4.83. The Kier molecular flexibility index (Phi) is 7.06. The lowest BCUT2D eigenvalue weighted by Gasteiger charge is -2.37. The number of hydrogen-bond acceptors (Lipinski definition) is 4. The van der Waals surface area contributed by atoms with Crippen LogP contribution in [0.4, 0.5) is 0 Å². The summed E-state index contributed by atoms with van der Waals surface area (Å²) >= 11 is 1.71. The number of ether oxygens (including phenoxy) is 1. The van der Waals surface area contributed by atoms with Crippen LogP contribution in [0.5, 0.6) is 5.75 Å². The average molecular weight is 324 g/mol. The smallest absolute Gasteiger partial charge is 0.132 e. The van der Waals surface area contributed by atoms with Crippen LogP contribution < -0.4 is 10.1 Å². The highest BCUT2D eigenvalue weighted by molar-refractivity contribution is 7.98. The summed E-state index contributed by atoms with van der Waals surface area (Å²) in [6.45, 7) is 2.16. The monoisotopic (exact) mass is 323 g/mol. The van der Waals surface area contributed by atoms with E-state index in [1.165, 1.54) is 42.6 Å². The molecule has 0 amide bonds. The van der Waals surface area contributed by atoms with Gasteiger partial charge >= 0.3 is 0 Å². The van der Waals surface area contributed by atoms with E-state index in [4.69, 9.17) is 4.74 Å². The number of rotatable bonds is 8. The summed E-state index contributed by atoms with van der Waals surface area (Å²) < 4.78 is 5.45. The first-order chi connectivity index (χ1) is 10.7. The highest BCUT2D eigenvalue weighted by atomic mass is 32.2. The van der Waals surface area contributed by atoms with Crippen molar-refractivity contribution in [3.05, 3.63) is 23.8 Å². The molecular formula is C18H29NO2S. The Hall–Kier alpha value is -0.710. The number of aliphatic hydroxyl groups excluding tert-OH is 1. The Morgan fingerprint density at radius 2 is 2.05 bits per heavy atom. The summed E-state index contributed by atoms with van der Waals surface area (Å²) in [5, 5.41) is 13.0. The molecule has 0 unspecified atom stereocenters. The number of thioether (sulfide) groups is 1. The van der Waals surface area contributed by atoms with E-state index in [0.29, 0.717) is 12.0 Å². The maximum absolute atomic E-state index is 9.38. The largest absolute Gasteiger partial charge is 0.496 e. The Morgan fingerprint density at radius 3 is 2.68 bits per heavy atom. The molecule has 0 aromatic heterocycles. The van der Waals surface area contributed by atoms with Gasteiger partial charge in [-0.1, -0.05) is 25.3 Å². The summed E-state index contributed by atoms with van der Waals surface area (Å²) in [7, 11) is 1.73. The van der Waals surface area contributed by atoms with E-state index >= 15 is 0 Å². The molecule has 0 saturated heterocycles. The van der Waals surface area contributed by atoms with Crippen LogP contribution in [-0.4, -0.2) is 31.6 Å². The van der Waals surface area contributed by atoms with Crippen molar-refractivity contribution >= 4 is 11.8 Å². The molecule has 22 heavy (non-hydrogen) atoms. The van der Waals surface area contributed by atoms with E-state index in [1.54, 1.807) is 18.9 Å². The van der Waals surface area contributed by atoms with Crippen molar-refractivity contribution in [3.63, 3.8) is 0 Å². The maximum atomic E-state index is 9.38. The van der Waals surface area contributed by atoms with Crippen LogP contribution in [0.1, 0.15) is 44.1 Å². The van der Waals surface area contributed by atoms with E-state index in [1.807, 2.05) is 0 Å². The lowest BCUT2D eigenvalue weighted by molar-refractivity contribution is 0.126. The normalized spacial score (nSPS) is 17.4. The van der Waals surface area contributed by atoms with Crippen molar-refractivity contribution < 1.29 is 9.84 Å². The Labute approximate surface area is 138 Å². The van der Waals surface area contributed by atoms with Crippen molar-refractivity contribution in [2.24, 2.45) is 5.41 Å². The van der Waals surface area contributed by atoms with Gasteiger partial charge in [0.2, 0.25) is 0 Å². The predicted molar refractivity (Wildman–Crippen MR) is 93.7 cm³/mol. The van der Waals surface area contributed by atoms with Gasteiger partial charge in [0, 0.05) is 24.6 Å². The molecular weight excluding hydrogens is 294 g/mol. The summed E-state index contributed by atoms with van der Waals surface area (Å²) in [6, 6.07) is 6.42. The number of nitrogens with one attached hydrogen (secondary N) is 1. The molecule has 0 bridgehead atoms. The Balaban J connectivity index is 1.91. The van der Waals surface area contributed by atoms with E-state index in [9.17, 15) is 5.11 Å². The van der Waals surface area contributed by atoms with Gasteiger partial charge in [-0.3, -0.25) is 0 Å². The first-order valence-electron chi connectivity index (χ1n) is 8.25. The summed E-state index contributed by atoms with van der Waals surface area (Å²) in [5.74, 6) is 0.953. The third-order valence-corrected chi connectivity index (χ3v) is 5.61. The molecule has 1 saturated carbocycles. The van der Waals surface area contributed by atoms with Gasteiger partial charge in [-0.2, -0.15) is 0 Å². The molecule has 2 rings (SSSR count). The lowest BCUT2D eigenvalue weighted by Crippen LogP contribution is -2.36. The molecule has 0 heterocycles. The van der Waals surface area contributed by atoms with Crippen LogP contribution in [0.25, 0.3) is 0 Å². The van der Waals surface area contributed by atoms with Crippen molar-refractivity contribution in [1.82, 2.24) is 5.32 Å². The molecule has 2 N–H and O–H groups in total. The van der Waals surface area contributed by atoms with Crippen LogP contribution in [0.3, 0.4) is 0 Å². The SMILES string of the molecule is COc1cc(CNCC2(CCO)CCCCC2)ccc1SC. The summed E-state index contributed by atoms with van der Waals surface area (Å²) in [5.41, 5.74) is 1.56. The van der Waals surface area contributed by atoms with Gasteiger partial charge in [-0.25, -0.2) is 0 Å². The lowest BCUT2D eigenvalue weighted by atomic mass is 9.72. The molecule has 1 aliphatic carbocycles. The van der Waals surface area contributed by atoms with Gasteiger partial charge in [0.05, 0.1) is 7.11 Å². The fraction of sp³-hybridized carbons (Fsp3) is 0.667. The zero-order chi connectivity index (χ0) is 15.8. The number of benzene rings is 1. The molecule has 0 radical (unpaired) electrons. The van der Waals surface area contributed by atoms with E-state index in [-0.39, 0.29) is 0 Å². The van der Waals surface area contributed by atoms with Crippen molar-refractivity contribution in [3.8, 4) is 5.75 Å². The van der Waals surface area contributed by atoms with E-state index in [0.717, 1.165) is 25.3 Å². The molecule has 124 valence electrons.